The molecule has 1 aliphatic heterocycles. The molecule has 1 N–H and O–H groups in total. The highest BCUT2D eigenvalue weighted by molar-refractivity contribution is 5.15. The predicted molar refractivity (Wildman–Crippen MR) is 70.0 cm³/mol. The van der Waals surface area contributed by atoms with Gasteiger partial charge in [-0.3, -0.25) is 4.90 Å². The maximum atomic E-state index is 13.0. The molecule has 0 saturated carbocycles. The summed E-state index contributed by atoms with van der Waals surface area (Å²) in [5.41, 5.74) is 0.971. The number of likely N-dealkylation sites (N-methyl/N-ethyl adjacent to an activating group) is 1. The molecular formula is C14H21FN2O. The number of rotatable bonds is 5. The summed E-state index contributed by atoms with van der Waals surface area (Å²) < 4.78 is 18.7. The van der Waals surface area contributed by atoms with Crippen LogP contribution < -0.4 is 5.32 Å². The number of morpholine rings is 1. The van der Waals surface area contributed by atoms with E-state index in [1.165, 1.54) is 6.07 Å². The van der Waals surface area contributed by atoms with Crippen LogP contribution in [-0.2, 0) is 11.3 Å². The van der Waals surface area contributed by atoms with Gasteiger partial charge in [-0.1, -0.05) is 19.1 Å². The predicted octanol–water partition coefficient (Wildman–Crippen LogP) is 1.64. The molecule has 1 heterocycles. The van der Waals surface area contributed by atoms with Crippen LogP contribution in [0.5, 0.6) is 0 Å². The summed E-state index contributed by atoms with van der Waals surface area (Å²) >= 11 is 0. The van der Waals surface area contributed by atoms with E-state index in [1.54, 1.807) is 12.1 Å². The minimum absolute atomic E-state index is 0.180. The van der Waals surface area contributed by atoms with Crippen LogP contribution in [0.25, 0.3) is 0 Å². The summed E-state index contributed by atoms with van der Waals surface area (Å²) in [6.45, 7) is 7.55. The van der Waals surface area contributed by atoms with Gasteiger partial charge in [0.1, 0.15) is 5.82 Å². The fourth-order valence-corrected chi connectivity index (χ4v) is 2.22. The lowest BCUT2D eigenvalue weighted by Crippen LogP contribution is -2.46. The van der Waals surface area contributed by atoms with Gasteiger partial charge in [-0.2, -0.15) is 0 Å². The highest BCUT2D eigenvalue weighted by Gasteiger charge is 2.18. The third-order valence-electron chi connectivity index (χ3n) is 3.26. The zero-order chi connectivity index (χ0) is 12.8. The largest absolute Gasteiger partial charge is 0.374 e. The van der Waals surface area contributed by atoms with E-state index in [-0.39, 0.29) is 11.9 Å². The summed E-state index contributed by atoms with van der Waals surface area (Å²) in [6.07, 6.45) is 0.243. The van der Waals surface area contributed by atoms with Crippen molar-refractivity contribution in [2.45, 2.75) is 19.6 Å². The van der Waals surface area contributed by atoms with Gasteiger partial charge in [-0.05, 0) is 24.2 Å². The summed E-state index contributed by atoms with van der Waals surface area (Å²) in [5.74, 6) is -0.180. The van der Waals surface area contributed by atoms with E-state index >= 15 is 0 Å². The first-order valence-corrected chi connectivity index (χ1v) is 6.57. The van der Waals surface area contributed by atoms with Crippen molar-refractivity contribution in [1.29, 1.82) is 0 Å². The Morgan fingerprint density at radius 1 is 1.50 bits per heavy atom. The van der Waals surface area contributed by atoms with Gasteiger partial charge in [0.05, 0.1) is 12.7 Å². The molecule has 0 bridgehead atoms. The van der Waals surface area contributed by atoms with E-state index in [1.807, 2.05) is 6.07 Å². The second-order valence-electron chi connectivity index (χ2n) is 4.65. The molecule has 1 atom stereocenters. The second-order valence-corrected chi connectivity index (χ2v) is 4.65. The molecule has 18 heavy (non-hydrogen) atoms. The van der Waals surface area contributed by atoms with Crippen molar-refractivity contribution in [2.75, 3.05) is 32.8 Å². The minimum atomic E-state index is -0.180. The van der Waals surface area contributed by atoms with Gasteiger partial charge in [0, 0.05) is 26.2 Å². The quantitative estimate of drug-likeness (QED) is 0.862. The Morgan fingerprint density at radius 3 is 3.17 bits per heavy atom. The lowest BCUT2D eigenvalue weighted by molar-refractivity contribution is -0.0253. The second kappa shape index (κ2) is 6.83. The Balaban J connectivity index is 1.72. The topological polar surface area (TPSA) is 24.5 Å². The minimum Gasteiger partial charge on any atom is -0.374 e. The van der Waals surface area contributed by atoms with Crippen molar-refractivity contribution in [3.8, 4) is 0 Å². The molecule has 0 spiro atoms. The van der Waals surface area contributed by atoms with Crippen LogP contribution in [0.15, 0.2) is 24.3 Å². The summed E-state index contributed by atoms with van der Waals surface area (Å²) in [6, 6.07) is 6.69. The molecule has 0 aromatic heterocycles. The summed E-state index contributed by atoms with van der Waals surface area (Å²) in [4.78, 5) is 2.39. The molecule has 1 saturated heterocycles. The molecule has 4 heteroatoms. The number of nitrogens with zero attached hydrogens (tertiary/aromatic N) is 1. The standard InChI is InChI=1S/C14H21FN2O/c1-2-17-6-7-18-14(11-17)10-16-9-12-4-3-5-13(15)8-12/h3-5,8,14,16H,2,6-7,9-11H2,1H3. The Hall–Kier alpha value is -0.970. The molecule has 1 unspecified atom stereocenters. The van der Waals surface area contributed by atoms with Crippen LogP contribution in [0.3, 0.4) is 0 Å². The lowest BCUT2D eigenvalue weighted by Gasteiger charge is -2.32. The van der Waals surface area contributed by atoms with Crippen LogP contribution in [0.1, 0.15) is 12.5 Å². The first-order valence-electron chi connectivity index (χ1n) is 6.57. The molecule has 1 fully saturated rings. The highest BCUT2D eigenvalue weighted by atomic mass is 19.1. The summed E-state index contributed by atoms with van der Waals surface area (Å²) in [5, 5.41) is 3.32. The van der Waals surface area contributed by atoms with Gasteiger partial charge < -0.3 is 10.1 Å². The maximum Gasteiger partial charge on any atom is 0.123 e. The Bertz CT molecular complexity index is 373. The van der Waals surface area contributed by atoms with E-state index in [2.05, 4.69) is 17.1 Å². The van der Waals surface area contributed by atoms with Gasteiger partial charge in [-0.15, -0.1) is 0 Å². The van der Waals surface area contributed by atoms with Gasteiger partial charge in [0.2, 0.25) is 0 Å². The zero-order valence-corrected chi connectivity index (χ0v) is 10.9. The van der Waals surface area contributed by atoms with Crippen LogP contribution >= 0.6 is 0 Å². The third kappa shape index (κ3) is 4.05. The number of hydrogen-bond acceptors (Lipinski definition) is 3. The first-order chi connectivity index (χ1) is 8.78. The van der Waals surface area contributed by atoms with E-state index in [9.17, 15) is 4.39 Å². The monoisotopic (exact) mass is 252 g/mol. The number of benzene rings is 1. The molecular weight excluding hydrogens is 231 g/mol. The van der Waals surface area contributed by atoms with Crippen molar-refractivity contribution >= 4 is 0 Å². The van der Waals surface area contributed by atoms with Crippen molar-refractivity contribution in [3.05, 3.63) is 35.6 Å². The molecule has 3 nitrogen and oxygen atoms in total. The fourth-order valence-electron chi connectivity index (χ4n) is 2.22. The van der Waals surface area contributed by atoms with Crippen LogP contribution in [-0.4, -0.2) is 43.8 Å². The van der Waals surface area contributed by atoms with Crippen LogP contribution in [0, 0.1) is 5.82 Å². The molecule has 0 amide bonds. The van der Waals surface area contributed by atoms with E-state index in [4.69, 9.17) is 4.74 Å². The molecule has 0 radical (unpaired) electrons. The van der Waals surface area contributed by atoms with Gasteiger partial charge in [0.25, 0.3) is 0 Å². The van der Waals surface area contributed by atoms with E-state index < -0.39 is 0 Å². The number of hydrogen-bond donors (Lipinski definition) is 1. The molecule has 1 aromatic rings. The zero-order valence-electron chi connectivity index (χ0n) is 10.9. The average molecular weight is 252 g/mol. The summed E-state index contributed by atoms with van der Waals surface area (Å²) in [7, 11) is 0. The van der Waals surface area contributed by atoms with Gasteiger partial charge >= 0.3 is 0 Å². The smallest absolute Gasteiger partial charge is 0.123 e. The normalized spacial score (nSPS) is 21.1. The molecule has 0 aliphatic carbocycles. The maximum absolute atomic E-state index is 13.0. The number of nitrogens with one attached hydrogen (secondary N) is 1. The van der Waals surface area contributed by atoms with Gasteiger partial charge in [0.15, 0.2) is 0 Å². The SMILES string of the molecule is CCN1CCOC(CNCc2cccc(F)c2)C1. The lowest BCUT2D eigenvalue weighted by atomic mass is 10.2. The van der Waals surface area contributed by atoms with Crippen molar-refractivity contribution in [3.63, 3.8) is 0 Å². The Morgan fingerprint density at radius 2 is 2.39 bits per heavy atom. The van der Waals surface area contributed by atoms with Crippen LogP contribution in [0.4, 0.5) is 4.39 Å². The molecule has 100 valence electrons. The Labute approximate surface area is 108 Å². The van der Waals surface area contributed by atoms with Crippen LogP contribution in [0.2, 0.25) is 0 Å². The van der Waals surface area contributed by atoms with E-state index in [0.717, 1.165) is 38.3 Å². The number of halogens is 1. The molecule has 1 aliphatic rings. The fraction of sp³-hybridized carbons (Fsp3) is 0.571. The molecule has 2 rings (SSSR count). The number of ether oxygens (including phenoxy) is 1. The van der Waals surface area contributed by atoms with Crippen molar-refractivity contribution in [2.24, 2.45) is 0 Å². The van der Waals surface area contributed by atoms with Gasteiger partial charge in [-0.25, -0.2) is 4.39 Å². The molecule has 1 aromatic carbocycles. The highest BCUT2D eigenvalue weighted by Crippen LogP contribution is 2.05. The Kier molecular flexibility index (Phi) is 5.11. The average Bonchev–Trinajstić information content (AvgIpc) is 2.39. The van der Waals surface area contributed by atoms with Crippen molar-refractivity contribution in [1.82, 2.24) is 10.2 Å². The van der Waals surface area contributed by atoms with E-state index in [0.29, 0.717) is 6.54 Å². The van der Waals surface area contributed by atoms with Crippen molar-refractivity contribution < 1.29 is 9.13 Å². The third-order valence-corrected chi connectivity index (χ3v) is 3.26. The first kappa shape index (κ1) is 13.5.